The lowest BCUT2D eigenvalue weighted by atomic mass is 9.98. The molecule has 148 valence electrons. The summed E-state index contributed by atoms with van der Waals surface area (Å²) in [4.78, 5) is 16.5. The number of esters is 1. The van der Waals surface area contributed by atoms with E-state index >= 15 is 0 Å². The summed E-state index contributed by atoms with van der Waals surface area (Å²) >= 11 is 6.08. The molecule has 0 bridgehead atoms. The summed E-state index contributed by atoms with van der Waals surface area (Å²) in [6.45, 7) is 0. The zero-order valence-electron chi connectivity index (χ0n) is 16.2. The van der Waals surface area contributed by atoms with Crippen LogP contribution in [0.25, 0.3) is 11.3 Å². The molecular formula is C25H18ClNO3. The summed E-state index contributed by atoms with van der Waals surface area (Å²) in [7, 11) is 1.34. The van der Waals surface area contributed by atoms with Crippen LogP contribution < -0.4 is 0 Å². The monoisotopic (exact) mass is 415 g/mol. The summed E-state index contributed by atoms with van der Waals surface area (Å²) in [5, 5.41) is 0.622. The normalized spacial score (nSPS) is 14.5. The van der Waals surface area contributed by atoms with Crippen LogP contribution in [-0.2, 0) is 14.3 Å². The quantitative estimate of drug-likeness (QED) is 0.385. The summed E-state index contributed by atoms with van der Waals surface area (Å²) in [5.74, 6) is 0.632. The van der Waals surface area contributed by atoms with E-state index in [0.29, 0.717) is 22.3 Å². The SMILES string of the molecule is COC(=O)/C=C/C(=C1/OC(c2ccccc2)=Nc2ccccc21)c1ccc(Cl)cc1. The lowest BCUT2D eigenvalue weighted by molar-refractivity contribution is -0.134. The molecule has 0 saturated carbocycles. The van der Waals surface area contributed by atoms with Crippen LogP contribution in [0.5, 0.6) is 0 Å². The molecule has 0 saturated heterocycles. The molecule has 0 radical (unpaired) electrons. The highest BCUT2D eigenvalue weighted by Crippen LogP contribution is 2.38. The van der Waals surface area contributed by atoms with Gasteiger partial charge in [0, 0.05) is 27.8 Å². The van der Waals surface area contributed by atoms with Crippen molar-refractivity contribution >= 4 is 40.5 Å². The summed E-state index contributed by atoms with van der Waals surface area (Å²) in [6, 6.07) is 24.8. The van der Waals surface area contributed by atoms with E-state index in [1.807, 2.05) is 66.7 Å². The Morgan fingerprint density at radius 2 is 1.63 bits per heavy atom. The number of carbonyl (C=O) groups is 1. The van der Waals surface area contributed by atoms with Crippen LogP contribution >= 0.6 is 11.6 Å². The van der Waals surface area contributed by atoms with Gasteiger partial charge in [0.25, 0.3) is 0 Å². The fourth-order valence-corrected chi connectivity index (χ4v) is 3.23. The third-order valence-corrected chi connectivity index (χ3v) is 4.83. The first kappa shape index (κ1) is 19.7. The smallest absolute Gasteiger partial charge is 0.330 e. The van der Waals surface area contributed by atoms with Crippen LogP contribution in [0, 0.1) is 0 Å². The van der Waals surface area contributed by atoms with Crippen LogP contribution in [0.1, 0.15) is 16.7 Å². The molecule has 4 rings (SSSR count). The van der Waals surface area contributed by atoms with Gasteiger partial charge in [0.1, 0.15) is 5.76 Å². The highest BCUT2D eigenvalue weighted by Gasteiger charge is 2.23. The second-order valence-corrected chi connectivity index (χ2v) is 6.94. The largest absolute Gasteiger partial charge is 0.466 e. The fourth-order valence-electron chi connectivity index (χ4n) is 3.10. The number of fused-ring (bicyclic) bond motifs is 1. The van der Waals surface area contributed by atoms with Gasteiger partial charge in [0.2, 0.25) is 5.90 Å². The number of rotatable bonds is 4. The molecule has 5 heteroatoms. The molecule has 0 spiro atoms. The number of ether oxygens (including phenoxy) is 2. The van der Waals surface area contributed by atoms with E-state index in [-0.39, 0.29) is 0 Å². The molecule has 0 fully saturated rings. The van der Waals surface area contributed by atoms with E-state index in [4.69, 9.17) is 26.1 Å². The van der Waals surface area contributed by atoms with E-state index in [2.05, 4.69) is 0 Å². The molecule has 3 aromatic carbocycles. The Morgan fingerprint density at radius 1 is 0.933 bits per heavy atom. The van der Waals surface area contributed by atoms with Gasteiger partial charge in [-0.25, -0.2) is 9.79 Å². The second kappa shape index (κ2) is 8.80. The van der Waals surface area contributed by atoms with E-state index < -0.39 is 5.97 Å². The third-order valence-electron chi connectivity index (χ3n) is 4.58. The Hall–Kier alpha value is -3.63. The Kier molecular flexibility index (Phi) is 5.77. The van der Waals surface area contributed by atoms with E-state index in [1.165, 1.54) is 13.2 Å². The molecule has 0 aliphatic carbocycles. The first-order chi connectivity index (χ1) is 14.7. The Bertz CT molecular complexity index is 1160. The van der Waals surface area contributed by atoms with E-state index in [0.717, 1.165) is 22.4 Å². The molecule has 0 atom stereocenters. The predicted molar refractivity (Wildman–Crippen MR) is 120 cm³/mol. The van der Waals surface area contributed by atoms with E-state index in [1.54, 1.807) is 18.2 Å². The molecule has 1 aliphatic heterocycles. The molecule has 1 heterocycles. The van der Waals surface area contributed by atoms with Gasteiger partial charge < -0.3 is 9.47 Å². The minimum absolute atomic E-state index is 0.455. The zero-order valence-corrected chi connectivity index (χ0v) is 17.0. The Morgan fingerprint density at radius 3 is 2.37 bits per heavy atom. The number of benzene rings is 3. The first-order valence-electron chi connectivity index (χ1n) is 9.33. The summed E-state index contributed by atoms with van der Waals surface area (Å²) in [6.07, 6.45) is 3.06. The lowest BCUT2D eigenvalue weighted by Crippen LogP contribution is -2.11. The van der Waals surface area contributed by atoms with Crippen LogP contribution in [0.2, 0.25) is 5.02 Å². The van der Waals surface area contributed by atoms with Crippen molar-refractivity contribution in [3.8, 4) is 0 Å². The maximum Gasteiger partial charge on any atom is 0.330 e. The minimum Gasteiger partial charge on any atom is -0.466 e. The minimum atomic E-state index is -0.455. The van der Waals surface area contributed by atoms with E-state index in [9.17, 15) is 4.79 Å². The topological polar surface area (TPSA) is 47.9 Å². The van der Waals surface area contributed by atoms with Crippen molar-refractivity contribution in [1.82, 2.24) is 0 Å². The number of hydrogen-bond donors (Lipinski definition) is 0. The molecule has 0 amide bonds. The van der Waals surface area contributed by atoms with Gasteiger partial charge in [-0.2, -0.15) is 0 Å². The fraction of sp³-hybridized carbons (Fsp3) is 0.0400. The maximum absolute atomic E-state index is 11.8. The van der Waals surface area contributed by atoms with Gasteiger partial charge in [-0.05, 0) is 48.0 Å². The van der Waals surface area contributed by atoms with Gasteiger partial charge in [-0.3, -0.25) is 0 Å². The van der Waals surface area contributed by atoms with Gasteiger partial charge in [-0.15, -0.1) is 0 Å². The third kappa shape index (κ3) is 4.19. The summed E-state index contributed by atoms with van der Waals surface area (Å²) in [5.41, 5.74) is 4.04. The highest BCUT2D eigenvalue weighted by molar-refractivity contribution is 6.30. The average molecular weight is 416 g/mol. The number of methoxy groups -OCH3 is 1. The average Bonchev–Trinajstić information content (AvgIpc) is 2.80. The van der Waals surface area contributed by atoms with Crippen LogP contribution in [-0.4, -0.2) is 19.0 Å². The number of halogens is 1. The Balaban J connectivity index is 1.93. The number of para-hydroxylation sites is 1. The van der Waals surface area contributed by atoms with Crippen molar-refractivity contribution in [2.45, 2.75) is 0 Å². The molecule has 0 N–H and O–H groups in total. The Labute approximate surface area is 179 Å². The van der Waals surface area contributed by atoms with Crippen molar-refractivity contribution in [2.75, 3.05) is 7.11 Å². The number of carbonyl (C=O) groups excluding carboxylic acids is 1. The lowest BCUT2D eigenvalue weighted by Gasteiger charge is -2.22. The molecular weight excluding hydrogens is 398 g/mol. The maximum atomic E-state index is 11.8. The second-order valence-electron chi connectivity index (χ2n) is 6.51. The number of aliphatic imine (C=N–C) groups is 1. The molecule has 0 unspecified atom stereocenters. The standard InChI is InChI=1S/C25H18ClNO3/c1-29-23(28)16-15-20(17-11-13-19(26)14-12-17)24-21-9-5-6-10-22(21)27-25(30-24)18-7-3-2-4-8-18/h2-16H,1H3/b16-15+,24-20-. The zero-order chi connectivity index (χ0) is 20.9. The highest BCUT2D eigenvalue weighted by atomic mass is 35.5. The van der Waals surface area contributed by atoms with Crippen molar-refractivity contribution in [3.63, 3.8) is 0 Å². The number of allylic oxidation sites excluding steroid dienone is 2. The van der Waals surface area contributed by atoms with Crippen LogP contribution in [0.15, 0.2) is 96.0 Å². The van der Waals surface area contributed by atoms with Gasteiger partial charge in [0.15, 0.2) is 0 Å². The molecule has 3 aromatic rings. The van der Waals surface area contributed by atoms with Crippen molar-refractivity contribution in [1.29, 1.82) is 0 Å². The molecule has 0 aromatic heterocycles. The molecule has 30 heavy (non-hydrogen) atoms. The van der Waals surface area contributed by atoms with Crippen molar-refractivity contribution in [3.05, 3.63) is 113 Å². The molecule has 1 aliphatic rings. The van der Waals surface area contributed by atoms with Crippen molar-refractivity contribution < 1.29 is 14.3 Å². The number of nitrogens with zero attached hydrogens (tertiary/aromatic N) is 1. The molecule has 4 nitrogen and oxygen atoms in total. The predicted octanol–water partition coefficient (Wildman–Crippen LogP) is 6.05. The van der Waals surface area contributed by atoms with Gasteiger partial charge in [-0.1, -0.05) is 54.1 Å². The van der Waals surface area contributed by atoms with Crippen LogP contribution in [0.3, 0.4) is 0 Å². The first-order valence-corrected chi connectivity index (χ1v) is 9.71. The van der Waals surface area contributed by atoms with Crippen molar-refractivity contribution in [2.24, 2.45) is 4.99 Å². The van der Waals surface area contributed by atoms with Gasteiger partial charge in [0.05, 0.1) is 12.8 Å². The summed E-state index contributed by atoms with van der Waals surface area (Å²) < 4.78 is 11.1. The number of hydrogen-bond acceptors (Lipinski definition) is 4. The van der Waals surface area contributed by atoms with Gasteiger partial charge >= 0.3 is 5.97 Å². The van der Waals surface area contributed by atoms with Crippen LogP contribution in [0.4, 0.5) is 5.69 Å².